The monoisotopic (exact) mass is 462 g/mol. The van der Waals surface area contributed by atoms with Gasteiger partial charge in [0.2, 0.25) is 0 Å². The molecule has 1 aliphatic heterocycles. The van der Waals surface area contributed by atoms with E-state index in [2.05, 4.69) is 0 Å². The molecule has 0 saturated carbocycles. The van der Waals surface area contributed by atoms with Gasteiger partial charge in [-0.1, -0.05) is 91.0 Å². The van der Waals surface area contributed by atoms with Gasteiger partial charge >= 0.3 is 0 Å². The lowest BCUT2D eigenvalue weighted by Crippen LogP contribution is -2.58. The summed E-state index contributed by atoms with van der Waals surface area (Å²) in [6.45, 7) is -0.00628. The highest BCUT2D eigenvalue weighted by atomic mass is 16.7. The smallest absolute Gasteiger partial charge is 0.195 e. The van der Waals surface area contributed by atoms with Gasteiger partial charge in [0.15, 0.2) is 12.1 Å². The number of ketones is 1. The van der Waals surface area contributed by atoms with E-state index < -0.39 is 30.2 Å². The Bertz CT molecular complexity index is 944. The van der Waals surface area contributed by atoms with Crippen molar-refractivity contribution in [3.63, 3.8) is 0 Å². The van der Waals surface area contributed by atoms with Gasteiger partial charge in [-0.15, -0.1) is 0 Å². The minimum Gasteiger partial charge on any atom is -0.373 e. The first-order valence-electron chi connectivity index (χ1n) is 11.2. The van der Waals surface area contributed by atoms with Gasteiger partial charge in [0.1, 0.15) is 23.9 Å². The molecule has 0 radical (unpaired) electrons. The van der Waals surface area contributed by atoms with Gasteiger partial charge in [-0.3, -0.25) is 4.79 Å². The van der Waals surface area contributed by atoms with Crippen LogP contribution in [0.15, 0.2) is 91.0 Å². The Morgan fingerprint density at radius 1 is 0.706 bits per heavy atom. The van der Waals surface area contributed by atoms with Crippen LogP contribution in [-0.4, -0.2) is 58.3 Å². The van der Waals surface area contributed by atoms with Gasteiger partial charge in [-0.25, -0.2) is 0 Å². The normalized spacial score (nSPS) is 23.1. The molecular weight excluding hydrogens is 432 g/mol. The number of carbonyl (C=O) groups is 1. The van der Waals surface area contributed by atoms with Gasteiger partial charge in [-0.05, 0) is 16.7 Å². The summed E-state index contributed by atoms with van der Waals surface area (Å²) < 4.78 is 29.1. The van der Waals surface area contributed by atoms with Crippen LogP contribution in [0.3, 0.4) is 0 Å². The van der Waals surface area contributed by atoms with Crippen molar-refractivity contribution in [2.24, 2.45) is 0 Å². The van der Waals surface area contributed by atoms with E-state index in [1.54, 1.807) is 0 Å². The molecule has 4 rings (SSSR count). The maximum atomic E-state index is 13.2. The first-order valence-corrected chi connectivity index (χ1v) is 11.2. The molecule has 0 unspecified atom stereocenters. The zero-order valence-electron chi connectivity index (χ0n) is 19.6. The predicted octanol–water partition coefficient (Wildman–Crippen LogP) is 3.97. The van der Waals surface area contributed by atoms with Crippen molar-refractivity contribution in [3.05, 3.63) is 108 Å². The third-order valence-corrected chi connectivity index (χ3v) is 6.21. The van der Waals surface area contributed by atoms with Crippen molar-refractivity contribution in [2.45, 2.75) is 30.2 Å². The quantitative estimate of drug-likeness (QED) is 0.449. The first-order chi connectivity index (χ1) is 16.7. The van der Waals surface area contributed by atoms with Crippen molar-refractivity contribution in [3.8, 4) is 0 Å². The summed E-state index contributed by atoms with van der Waals surface area (Å²) in [6, 6.07) is 29.9. The minimum absolute atomic E-state index is 0.00628. The molecule has 0 bridgehead atoms. The summed E-state index contributed by atoms with van der Waals surface area (Å²) in [6.07, 6.45) is -3.14. The van der Waals surface area contributed by atoms with E-state index in [4.69, 9.17) is 23.7 Å². The molecule has 0 amide bonds. The summed E-state index contributed by atoms with van der Waals surface area (Å²) in [5.41, 5.74) is 1.86. The van der Waals surface area contributed by atoms with E-state index in [-0.39, 0.29) is 12.4 Å². The molecule has 1 aliphatic rings. The number of carbonyl (C=O) groups excluding carboxylic acids is 1. The molecule has 178 valence electrons. The molecule has 6 heteroatoms. The van der Waals surface area contributed by atoms with Gasteiger partial charge in [0, 0.05) is 21.3 Å². The van der Waals surface area contributed by atoms with Crippen molar-refractivity contribution < 1.29 is 28.5 Å². The van der Waals surface area contributed by atoms with Crippen molar-refractivity contribution >= 4 is 5.78 Å². The first kappa shape index (κ1) is 24.3. The Hall–Kier alpha value is -2.87. The number of hydrogen-bond acceptors (Lipinski definition) is 6. The highest BCUT2D eigenvalue weighted by molar-refractivity contribution is 5.89. The third-order valence-electron chi connectivity index (χ3n) is 6.21. The van der Waals surface area contributed by atoms with Gasteiger partial charge in [-0.2, -0.15) is 0 Å². The van der Waals surface area contributed by atoms with Crippen LogP contribution >= 0.6 is 0 Å². The number of methoxy groups -OCH3 is 3. The van der Waals surface area contributed by atoms with E-state index >= 15 is 0 Å². The zero-order chi connectivity index (χ0) is 24.0. The molecule has 1 saturated heterocycles. The number of Topliss-reactive ketones (excluding diaryl/α,β-unsaturated/α-hetero) is 1. The van der Waals surface area contributed by atoms with Crippen LogP contribution in [0.5, 0.6) is 0 Å². The molecule has 4 atom stereocenters. The fourth-order valence-corrected chi connectivity index (χ4v) is 4.56. The Morgan fingerprint density at radius 3 is 1.56 bits per heavy atom. The summed E-state index contributed by atoms with van der Waals surface area (Å²) >= 11 is 0. The molecular formula is C28H30O6. The van der Waals surface area contributed by atoms with Crippen LogP contribution in [0, 0.1) is 0 Å². The number of benzene rings is 3. The second kappa shape index (κ2) is 11.0. The summed E-state index contributed by atoms with van der Waals surface area (Å²) in [7, 11) is 4.49. The average molecular weight is 463 g/mol. The fourth-order valence-electron chi connectivity index (χ4n) is 4.56. The molecule has 0 spiro atoms. The summed E-state index contributed by atoms with van der Waals surface area (Å²) in [5, 5.41) is 0. The summed E-state index contributed by atoms with van der Waals surface area (Å²) in [5.74, 6) is -0.245. The van der Waals surface area contributed by atoms with Crippen molar-refractivity contribution in [1.82, 2.24) is 0 Å². The van der Waals surface area contributed by atoms with Gasteiger partial charge < -0.3 is 23.7 Å². The van der Waals surface area contributed by atoms with Crippen LogP contribution in [-0.2, 0) is 34.1 Å². The van der Waals surface area contributed by atoms with Crippen LogP contribution in [0.4, 0.5) is 0 Å². The molecule has 3 aromatic carbocycles. The molecule has 0 aromatic heterocycles. The molecule has 0 N–H and O–H groups in total. The molecule has 3 aromatic rings. The third kappa shape index (κ3) is 4.56. The lowest BCUT2D eigenvalue weighted by Gasteiger charge is -2.41. The van der Waals surface area contributed by atoms with Crippen LogP contribution in [0.1, 0.15) is 16.7 Å². The second-order valence-corrected chi connectivity index (χ2v) is 8.08. The Labute approximate surface area is 200 Å². The van der Waals surface area contributed by atoms with Gasteiger partial charge in [0.05, 0.1) is 6.61 Å². The van der Waals surface area contributed by atoms with E-state index in [1.165, 1.54) is 21.3 Å². The van der Waals surface area contributed by atoms with Crippen LogP contribution in [0.2, 0.25) is 0 Å². The number of rotatable bonds is 9. The topological polar surface area (TPSA) is 63.2 Å². The standard InChI is InChI=1S/C28H30O6/c1-30-25-24(29)23(34-27(32-3)26(25)31-2)19-33-28(20-13-7-4-8-14-20,21-15-9-5-10-16-21)22-17-11-6-12-18-22/h4-18,23,25-27H,19H2,1-3H3/t23-,25+,26-,27-/m1/s1. The molecule has 6 nitrogen and oxygen atoms in total. The fraction of sp³-hybridized carbons (Fsp3) is 0.321. The maximum absolute atomic E-state index is 13.2. The lowest BCUT2D eigenvalue weighted by atomic mass is 9.80. The average Bonchev–Trinajstić information content (AvgIpc) is 2.91. The zero-order valence-corrected chi connectivity index (χ0v) is 19.6. The number of ether oxygens (including phenoxy) is 5. The Kier molecular flexibility index (Phi) is 7.88. The molecule has 1 heterocycles. The highest BCUT2D eigenvalue weighted by Gasteiger charge is 2.47. The molecule has 1 fully saturated rings. The Balaban J connectivity index is 1.76. The van der Waals surface area contributed by atoms with E-state index in [0.29, 0.717) is 0 Å². The van der Waals surface area contributed by atoms with Crippen LogP contribution in [0.25, 0.3) is 0 Å². The van der Waals surface area contributed by atoms with Crippen molar-refractivity contribution in [2.75, 3.05) is 27.9 Å². The molecule has 34 heavy (non-hydrogen) atoms. The van der Waals surface area contributed by atoms with E-state index in [0.717, 1.165) is 16.7 Å². The second-order valence-electron chi connectivity index (χ2n) is 8.08. The van der Waals surface area contributed by atoms with E-state index in [1.807, 2.05) is 91.0 Å². The van der Waals surface area contributed by atoms with E-state index in [9.17, 15) is 4.79 Å². The minimum atomic E-state index is -0.962. The maximum Gasteiger partial charge on any atom is 0.195 e. The number of hydrogen-bond donors (Lipinski definition) is 0. The largest absolute Gasteiger partial charge is 0.373 e. The Morgan fingerprint density at radius 2 is 1.18 bits per heavy atom. The summed E-state index contributed by atoms with van der Waals surface area (Å²) in [4.78, 5) is 13.2. The molecule has 0 aliphatic carbocycles. The predicted molar refractivity (Wildman–Crippen MR) is 127 cm³/mol. The SMILES string of the molecule is CO[C@@H]1O[C@H](COC(c2ccccc2)(c2ccccc2)c2ccccc2)C(=O)[C@H](OC)[C@H]1OC. The van der Waals surface area contributed by atoms with Crippen LogP contribution < -0.4 is 0 Å². The highest BCUT2D eigenvalue weighted by Crippen LogP contribution is 2.41. The van der Waals surface area contributed by atoms with Crippen molar-refractivity contribution in [1.29, 1.82) is 0 Å². The lowest BCUT2D eigenvalue weighted by molar-refractivity contribution is -0.261. The van der Waals surface area contributed by atoms with Gasteiger partial charge in [0.25, 0.3) is 0 Å².